The van der Waals surface area contributed by atoms with Gasteiger partial charge in [-0.2, -0.15) is 4.31 Å². The van der Waals surface area contributed by atoms with Gasteiger partial charge in [-0.25, -0.2) is 12.8 Å². The van der Waals surface area contributed by atoms with E-state index in [1.807, 2.05) is 0 Å². The molecule has 1 heterocycles. The Morgan fingerprint density at radius 2 is 1.66 bits per heavy atom. The molecule has 1 saturated heterocycles. The Morgan fingerprint density at radius 1 is 1.03 bits per heavy atom. The highest BCUT2D eigenvalue weighted by Gasteiger charge is 2.48. The van der Waals surface area contributed by atoms with Crippen LogP contribution in [-0.2, 0) is 14.8 Å². The van der Waals surface area contributed by atoms with Crippen molar-refractivity contribution in [1.29, 1.82) is 0 Å². The fourth-order valence-corrected chi connectivity index (χ4v) is 7.60. The minimum Gasteiger partial charge on any atom is -0.379 e. The minimum absolute atomic E-state index is 0.0453. The van der Waals surface area contributed by atoms with Crippen LogP contribution >= 0.6 is 0 Å². The zero-order valence-electron chi connectivity index (χ0n) is 16.3. The van der Waals surface area contributed by atoms with Crippen molar-refractivity contribution in [2.75, 3.05) is 26.3 Å². The Balaban J connectivity index is 1.37. The normalized spacial score (nSPS) is 34.3. The van der Waals surface area contributed by atoms with Gasteiger partial charge in [-0.15, -0.1) is 0 Å². The van der Waals surface area contributed by atoms with Crippen LogP contribution in [0.1, 0.15) is 42.5 Å². The van der Waals surface area contributed by atoms with Crippen LogP contribution < -0.4 is 5.32 Å². The number of nitrogens with one attached hydrogen (secondary N) is 1. The van der Waals surface area contributed by atoms with E-state index in [4.69, 9.17) is 4.74 Å². The lowest BCUT2D eigenvalue weighted by atomic mass is 9.54. The minimum atomic E-state index is -3.78. The number of morpholine rings is 1. The number of ether oxygens (including phenoxy) is 1. The first kappa shape index (κ1) is 19.5. The molecule has 1 aromatic rings. The Bertz CT molecular complexity index is 885. The number of hydrogen-bond donors (Lipinski definition) is 1. The van der Waals surface area contributed by atoms with E-state index < -0.39 is 21.7 Å². The summed E-state index contributed by atoms with van der Waals surface area (Å²) in [4.78, 5) is 12.9. The van der Waals surface area contributed by atoms with Crippen molar-refractivity contribution < 1.29 is 22.3 Å². The zero-order valence-corrected chi connectivity index (χ0v) is 17.2. The molecule has 0 atom stereocenters. The van der Waals surface area contributed by atoms with E-state index in [1.54, 1.807) is 0 Å². The van der Waals surface area contributed by atoms with Crippen LogP contribution in [0.25, 0.3) is 0 Å². The number of hydrogen-bond acceptors (Lipinski definition) is 4. The summed E-state index contributed by atoms with van der Waals surface area (Å²) in [5.74, 6) is 1.32. The van der Waals surface area contributed by atoms with Gasteiger partial charge in [-0.1, -0.05) is 0 Å². The van der Waals surface area contributed by atoms with Gasteiger partial charge in [0.25, 0.3) is 5.91 Å². The second kappa shape index (κ2) is 7.32. The van der Waals surface area contributed by atoms with E-state index in [2.05, 4.69) is 5.32 Å². The summed E-state index contributed by atoms with van der Waals surface area (Å²) < 4.78 is 46.8. The first-order valence-electron chi connectivity index (χ1n) is 10.6. The highest BCUT2D eigenvalue weighted by molar-refractivity contribution is 7.89. The van der Waals surface area contributed by atoms with Gasteiger partial charge in [-0.05, 0) is 74.0 Å². The Morgan fingerprint density at radius 3 is 2.28 bits per heavy atom. The van der Waals surface area contributed by atoms with E-state index in [-0.39, 0.29) is 29.6 Å². The number of carbonyl (C=O) groups excluding carboxylic acids is 1. The standard InChI is InChI=1S/C21H27FN2O4S/c22-19-2-1-17(29(26,27)24-3-5-28-6-4-24)12-18(19)21(25)23-20-15-8-13-7-14(10-15)11-16(20)9-13/h1-2,12-16,20H,3-11H2,(H,23,25). The first-order chi connectivity index (χ1) is 13.9. The fourth-order valence-electron chi connectivity index (χ4n) is 6.16. The van der Waals surface area contributed by atoms with Crippen molar-refractivity contribution in [3.8, 4) is 0 Å². The van der Waals surface area contributed by atoms with E-state index in [0.717, 1.165) is 43.6 Å². The average molecular weight is 423 g/mol. The molecule has 0 radical (unpaired) electrons. The maximum absolute atomic E-state index is 14.5. The monoisotopic (exact) mass is 422 g/mol. The van der Waals surface area contributed by atoms with Crippen LogP contribution in [0.15, 0.2) is 23.1 Å². The van der Waals surface area contributed by atoms with Crippen LogP contribution in [0.3, 0.4) is 0 Å². The van der Waals surface area contributed by atoms with Gasteiger partial charge >= 0.3 is 0 Å². The van der Waals surface area contributed by atoms with Gasteiger partial charge in [0.05, 0.1) is 23.7 Å². The zero-order chi connectivity index (χ0) is 20.2. The molecule has 6 rings (SSSR count). The number of rotatable bonds is 4. The number of amides is 1. The summed E-state index contributed by atoms with van der Waals surface area (Å²) in [5.41, 5.74) is -0.187. The molecule has 1 N–H and O–H groups in total. The van der Waals surface area contributed by atoms with Crippen molar-refractivity contribution in [2.24, 2.45) is 23.7 Å². The Labute approximate surface area is 170 Å². The predicted molar refractivity (Wildman–Crippen MR) is 104 cm³/mol. The fraction of sp³-hybridized carbons (Fsp3) is 0.667. The molecule has 0 aromatic heterocycles. The number of benzene rings is 1. The molecule has 4 aliphatic carbocycles. The Hall–Kier alpha value is -1.51. The maximum atomic E-state index is 14.5. The lowest BCUT2D eigenvalue weighted by molar-refractivity contribution is -0.0120. The van der Waals surface area contributed by atoms with Crippen molar-refractivity contribution in [1.82, 2.24) is 9.62 Å². The summed E-state index contributed by atoms with van der Waals surface area (Å²) in [5, 5.41) is 3.07. The Kier molecular flexibility index (Phi) is 4.91. The molecular formula is C21H27FN2O4S. The average Bonchev–Trinajstić information content (AvgIpc) is 2.71. The van der Waals surface area contributed by atoms with Crippen LogP contribution in [0, 0.1) is 29.5 Å². The molecule has 4 saturated carbocycles. The van der Waals surface area contributed by atoms with Gasteiger partial charge < -0.3 is 10.1 Å². The number of carbonyl (C=O) groups is 1. The lowest BCUT2D eigenvalue weighted by Crippen LogP contribution is -2.55. The smallest absolute Gasteiger partial charge is 0.254 e. The van der Waals surface area contributed by atoms with Crippen LogP contribution in [0.5, 0.6) is 0 Å². The highest BCUT2D eigenvalue weighted by atomic mass is 32.2. The molecule has 5 fully saturated rings. The van der Waals surface area contributed by atoms with Crippen molar-refractivity contribution in [3.05, 3.63) is 29.6 Å². The molecule has 8 heteroatoms. The van der Waals surface area contributed by atoms with E-state index in [0.29, 0.717) is 25.0 Å². The van der Waals surface area contributed by atoms with Crippen LogP contribution in [0.4, 0.5) is 4.39 Å². The van der Waals surface area contributed by atoms with Gasteiger partial charge in [0, 0.05) is 19.1 Å². The predicted octanol–water partition coefficient (Wildman–Crippen LogP) is 2.40. The van der Waals surface area contributed by atoms with Gasteiger partial charge in [0.15, 0.2) is 0 Å². The second-order valence-electron chi connectivity index (χ2n) is 9.09. The SMILES string of the molecule is O=C(NC1C2CC3CC(C2)CC1C3)c1cc(S(=O)(=O)N2CCOCC2)ccc1F. The largest absolute Gasteiger partial charge is 0.379 e. The number of nitrogens with zero attached hydrogens (tertiary/aromatic N) is 1. The topological polar surface area (TPSA) is 75.7 Å². The summed E-state index contributed by atoms with van der Waals surface area (Å²) in [6.07, 6.45) is 5.90. The van der Waals surface area contributed by atoms with Crippen molar-refractivity contribution in [3.63, 3.8) is 0 Å². The summed E-state index contributed by atoms with van der Waals surface area (Å²) in [6, 6.07) is 3.58. The van der Waals surface area contributed by atoms with Gasteiger partial charge in [-0.3, -0.25) is 4.79 Å². The molecule has 5 aliphatic rings. The van der Waals surface area contributed by atoms with E-state index in [9.17, 15) is 17.6 Å². The molecular weight excluding hydrogens is 395 g/mol. The molecule has 4 bridgehead atoms. The third-order valence-electron chi connectivity index (χ3n) is 7.31. The number of sulfonamides is 1. The second-order valence-corrected chi connectivity index (χ2v) is 11.0. The lowest BCUT2D eigenvalue weighted by Gasteiger charge is -2.54. The maximum Gasteiger partial charge on any atom is 0.254 e. The molecule has 1 aromatic carbocycles. The third-order valence-corrected chi connectivity index (χ3v) is 9.21. The molecule has 29 heavy (non-hydrogen) atoms. The molecule has 1 amide bonds. The quantitative estimate of drug-likeness (QED) is 0.809. The van der Waals surface area contributed by atoms with Crippen molar-refractivity contribution >= 4 is 15.9 Å². The first-order valence-corrected chi connectivity index (χ1v) is 12.0. The summed E-state index contributed by atoms with van der Waals surface area (Å²) in [6.45, 7) is 1.18. The molecule has 0 unspecified atom stereocenters. The molecule has 0 spiro atoms. The highest BCUT2D eigenvalue weighted by Crippen LogP contribution is 2.53. The van der Waals surface area contributed by atoms with Crippen LogP contribution in [-0.4, -0.2) is 51.0 Å². The molecule has 6 nitrogen and oxygen atoms in total. The van der Waals surface area contributed by atoms with E-state index >= 15 is 0 Å². The molecule has 158 valence electrons. The van der Waals surface area contributed by atoms with E-state index in [1.165, 1.54) is 22.9 Å². The van der Waals surface area contributed by atoms with Crippen molar-refractivity contribution in [2.45, 2.75) is 43.0 Å². The number of halogens is 1. The van der Waals surface area contributed by atoms with Crippen LogP contribution in [0.2, 0.25) is 0 Å². The summed E-state index contributed by atoms with van der Waals surface area (Å²) >= 11 is 0. The van der Waals surface area contributed by atoms with Gasteiger partial charge in [0.1, 0.15) is 5.82 Å². The van der Waals surface area contributed by atoms with Gasteiger partial charge in [0.2, 0.25) is 10.0 Å². The third kappa shape index (κ3) is 3.49. The summed E-state index contributed by atoms with van der Waals surface area (Å²) in [7, 11) is -3.78. The molecule has 1 aliphatic heterocycles.